The van der Waals surface area contributed by atoms with E-state index < -0.39 is 0 Å². The molecule has 24 heavy (non-hydrogen) atoms. The lowest BCUT2D eigenvalue weighted by Crippen LogP contribution is -2.48. The molecule has 2 heterocycles. The van der Waals surface area contributed by atoms with Crippen molar-refractivity contribution in [2.75, 3.05) is 32.7 Å². The van der Waals surface area contributed by atoms with Crippen LogP contribution in [0.3, 0.4) is 0 Å². The Morgan fingerprint density at radius 1 is 1.12 bits per heavy atom. The molecular formula is C20H31N3O. The zero-order chi connectivity index (χ0) is 16.8. The zero-order valence-electron chi connectivity index (χ0n) is 14.9. The third-order valence-electron chi connectivity index (χ3n) is 5.49. The second kappa shape index (κ2) is 8.52. The third kappa shape index (κ3) is 4.97. The lowest BCUT2D eigenvalue weighted by Gasteiger charge is -2.37. The van der Waals surface area contributed by atoms with Gasteiger partial charge in [0, 0.05) is 26.2 Å². The van der Waals surface area contributed by atoms with Gasteiger partial charge < -0.3 is 15.1 Å². The van der Waals surface area contributed by atoms with E-state index in [2.05, 4.69) is 29.3 Å². The van der Waals surface area contributed by atoms with E-state index in [1.165, 1.54) is 32.4 Å². The third-order valence-corrected chi connectivity index (χ3v) is 5.49. The number of amides is 2. The van der Waals surface area contributed by atoms with Crippen molar-refractivity contribution < 1.29 is 4.79 Å². The van der Waals surface area contributed by atoms with Crippen LogP contribution in [0, 0.1) is 11.8 Å². The smallest absolute Gasteiger partial charge is 0.317 e. The van der Waals surface area contributed by atoms with Gasteiger partial charge in [-0.3, -0.25) is 0 Å². The number of nitrogens with zero attached hydrogens (tertiary/aromatic N) is 2. The van der Waals surface area contributed by atoms with E-state index in [4.69, 9.17) is 0 Å². The van der Waals surface area contributed by atoms with Crippen LogP contribution in [0.1, 0.15) is 38.2 Å². The zero-order valence-corrected chi connectivity index (χ0v) is 14.9. The summed E-state index contributed by atoms with van der Waals surface area (Å²) in [6.07, 6.45) is 5.05. The highest BCUT2D eigenvalue weighted by Crippen LogP contribution is 2.21. The summed E-state index contributed by atoms with van der Waals surface area (Å²) in [5.41, 5.74) is 1.15. The number of carbonyl (C=O) groups is 1. The summed E-state index contributed by atoms with van der Waals surface area (Å²) >= 11 is 0. The minimum Gasteiger partial charge on any atom is -0.334 e. The van der Waals surface area contributed by atoms with E-state index in [-0.39, 0.29) is 6.03 Å². The van der Waals surface area contributed by atoms with E-state index >= 15 is 0 Å². The fourth-order valence-electron chi connectivity index (χ4n) is 3.89. The van der Waals surface area contributed by atoms with E-state index in [0.717, 1.165) is 37.5 Å². The van der Waals surface area contributed by atoms with E-state index in [1.807, 2.05) is 23.1 Å². The molecule has 2 fully saturated rings. The number of hydrogen-bond donors (Lipinski definition) is 1. The monoisotopic (exact) mass is 329 g/mol. The normalized spacial score (nSPS) is 23.2. The molecule has 0 saturated carbocycles. The first-order valence-corrected chi connectivity index (χ1v) is 9.50. The SMILES string of the molecule is CC1CCN(C[C@@H]2CCCN(C(=O)NCc3ccccc3)C2)CC1. The van der Waals surface area contributed by atoms with E-state index in [1.54, 1.807) is 0 Å². The minimum atomic E-state index is 0.0934. The van der Waals surface area contributed by atoms with Crippen molar-refractivity contribution in [3.63, 3.8) is 0 Å². The largest absolute Gasteiger partial charge is 0.334 e. The van der Waals surface area contributed by atoms with Crippen LogP contribution in [0.2, 0.25) is 0 Å². The van der Waals surface area contributed by atoms with Crippen molar-refractivity contribution in [1.29, 1.82) is 0 Å². The molecular weight excluding hydrogens is 298 g/mol. The fraction of sp³-hybridized carbons (Fsp3) is 0.650. The predicted molar refractivity (Wildman–Crippen MR) is 97.8 cm³/mol. The number of hydrogen-bond acceptors (Lipinski definition) is 2. The first-order valence-electron chi connectivity index (χ1n) is 9.50. The van der Waals surface area contributed by atoms with Gasteiger partial charge in [0.15, 0.2) is 0 Å². The summed E-state index contributed by atoms with van der Waals surface area (Å²) in [7, 11) is 0. The summed E-state index contributed by atoms with van der Waals surface area (Å²) in [6.45, 7) is 8.41. The second-order valence-corrected chi connectivity index (χ2v) is 7.58. The van der Waals surface area contributed by atoms with Gasteiger partial charge in [-0.1, -0.05) is 37.3 Å². The molecule has 4 heteroatoms. The Morgan fingerprint density at radius 2 is 1.88 bits per heavy atom. The highest BCUT2D eigenvalue weighted by molar-refractivity contribution is 5.74. The van der Waals surface area contributed by atoms with Gasteiger partial charge in [0.05, 0.1) is 0 Å². The van der Waals surface area contributed by atoms with Crippen LogP contribution in [0.15, 0.2) is 30.3 Å². The number of piperidine rings is 2. The molecule has 0 radical (unpaired) electrons. The molecule has 2 saturated heterocycles. The molecule has 0 spiro atoms. The van der Waals surface area contributed by atoms with Gasteiger partial charge in [-0.2, -0.15) is 0 Å². The van der Waals surface area contributed by atoms with Gasteiger partial charge >= 0.3 is 6.03 Å². The van der Waals surface area contributed by atoms with Crippen LogP contribution < -0.4 is 5.32 Å². The number of nitrogens with one attached hydrogen (secondary N) is 1. The number of benzene rings is 1. The highest BCUT2D eigenvalue weighted by atomic mass is 16.2. The lowest BCUT2D eigenvalue weighted by atomic mass is 9.94. The summed E-state index contributed by atoms with van der Waals surface area (Å²) in [6, 6.07) is 10.2. The highest BCUT2D eigenvalue weighted by Gasteiger charge is 2.26. The van der Waals surface area contributed by atoms with Crippen molar-refractivity contribution in [2.45, 2.75) is 39.2 Å². The summed E-state index contributed by atoms with van der Waals surface area (Å²) < 4.78 is 0. The van der Waals surface area contributed by atoms with Crippen molar-refractivity contribution in [1.82, 2.24) is 15.1 Å². The molecule has 1 aromatic rings. The average Bonchev–Trinajstić information content (AvgIpc) is 2.63. The molecule has 0 aliphatic carbocycles. The number of rotatable bonds is 4. The van der Waals surface area contributed by atoms with Gasteiger partial charge in [-0.15, -0.1) is 0 Å². The molecule has 0 unspecified atom stereocenters. The van der Waals surface area contributed by atoms with Crippen LogP contribution in [0.25, 0.3) is 0 Å². The van der Waals surface area contributed by atoms with Crippen molar-refractivity contribution >= 4 is 6.03 Å². The van der Waals surface area contributed by atoms with Crippen LogP contribution >= 0.6 is 0 Å². The van der Waals surface area contributed by atoms with Crippen LogP contribution in [0.4, 0.5) is 4.79 Å². The Hall–Kier alpha value is -1.55. The van der Waals surface area contributed by atoms with Gasteiger partial charge in [0.1, 0.15) is 0 Å². The summed E-state index contributed by atoms with van der Waals surface area (Å²) in [5, 5.41) is 3.07. The van der Waals surface area contributed by atoms with Gasteiger partial charge in [-0.25, -0.2) is 4.79 Å². The number of likely N-dealkylation sites (tertiary alicyclic amines) is 2. The summed E-state index contributed by atoms with van der Waals surface area (Å²) in [4.78, 5) is 17.1. The predicted octanol–water partition coefficient (Wildman–Crippen LogP) is 3.34. The average molecular weight is 329 g/mol. The molecule has 0 bridgehead atoms. The topological polar surface area (TPSA) is 35.6 Å². The Morgan fingerprint density at radius 3 is 2.62 bits per heavy atom. The van der Waals surface area contributed by atoms with E-state index in [0.29, 0.717) is 12.5 Å². The fourth-order valence-corrected chi connectivity index (χ4v) is 3.89. The molecule has 4 nitrogen and oxygen atoms in total. The van der Waals surface area contributed by atoms with Crippen molar-refractivity contribution in [3.8, 4) is 0 Å². The molecule has 1 aromatic carbocycles. The maximum Gasteiger partial charge on any atom is 0.317 e. The van der Waals surface area contributed by atoms with Gasteiger partial charge in [-0.05, 0) is 56.2 Å². The molecule has 1 atom stereocenters. The maximum atomic E-state index is 12.5. The van der Waals surface area contributed by atoms with Crippen LogP contribution in [-0.4, -0.2) is 48.6 Å². The summed E-state index contributed by atoms with van der Waals surface area (Å²) in [5.74, 6) is 1.52. The molecule has 2 aliphatic rings. The van der Waals surface area contributed by atoms with Gasteiger partial charge in [0.25, 0.3) is 0 Å². The molecule has 1 N–H and O–H groups in total. The standard InChI is InChI=1S/C20H31N3O/c1-17-9-12-22(13-10-17)15-19-8-5-11-23(16-19)20(24)21-14-18-6-3-2-4-7-18/h2-4,6-7,17,19H,5,8-16H2,1H3,(H,21,24)/t19-/m0/s1. The molecule has 132 valence electrons. The Labute approximate surface area is 146 Å². The molecule has 0 aromatic heterocycles. The molecule has 2 amide bonds. The van der Waals surface area contributed by atoms with Crippen LogP contribution in [0.5, 0.6) is 0 Å². The molecule has 3 rings (SSSR count). The first-order chi connectivity index (χ1) is 11.7. The maximum absolute atomic E-state index is 12.5. The Balaban J connectivity index is 1.43. The van der Waals surface area contributed by atoms with E-state index in [9.17, 15) is 4.79 Å². The number of carbonyl (C=O) groups excluding carboxylic acids is 1. The van der Waals surface area contributed by atoms with Crippen LogP contribution in [-0.2, 0) is 6.54 Å². The minimum absolute atomic E-state index is 0.0934. The van der Waals surface area contributed by atoms with Crippen molar-refractivity contribution in [2.24, 2.45) is 11.8 Å². The Kier molecular flexibility index (Phi) is 6.13. The first kappa shape index (κ1) is 17.3. The quantitative estimate of drug-likeness (QED) is 0.919. The van der Waals surface area contributed by atoms with Crippen molar-refractivity contribution in [3.05, 3.63) is 35.9 Å². The lowest BCUT2D eigenvalue weighted by molar-refractivity contribution is 0.120. The molecule has 2 aliphatic heterocycles. The number of urea groups is 1. The Bertz CT molecular complexity index is 511. The van der Waals surface area contributed by atoms with Gasteiger partial charge in [0.2, 0.25) is 0 Å². The second-order valence-electron chi connectivity index (χ2n) is 7.58.